The Labute approximate surface area is 113 Å². The monoisotopic (exact) mass is 268 g/mol. The molecular formula is C14H20OS2. The fourth-order valence-corrected chi connectivity index (χ4v) is 4.50. The van der Waals surface area contributed by atoms with Gasteiger partial charge in [-0.25, -0.2) is 0 Å². The van der Waals surface area contributed by atoms with Crippen molar-refractivity contribution in [3.8, 4) is 0 Å². The van der Waals surface area contributed by atoms with Gasteiger partial charge in [-0.15, -0.1) is 23.5 Å². The molecule has 0 saturated carbocycles. The summed E-state index contributed by atoms with van der Waals surface area (Å²) in [5, 5.41) is 0. The van der Waals surface area contributed by atoms with E-state index < -0.39 is 0 Å². The number of hydrogen-bond acceptors (Lipinski definition) is 3. The van der Waals surface area contributed by atoms with E-state index in [-0.39, 0.29) is 9.86 Å². The summed E-state index contributed by atoms with van der Waals surface area (Å²) in [6.07, 6.45) is 0.605. The third-order valence-corrected chi connectivity index (χ3v) is 5.27. The van der Waals surface area contributed by atoms with Crippen molar-refractivity contribution in [3.63, 3.8) is 0 Å². The van der Waals surface area contributed by atoms with Crippen molar-refractivity contribution in [2.75, 3.05) is 11.5 Å². The Morgan fingerprint density at radius 2 is 1.65 bits per heavy atom. The lowest BCUT2D eigenvalue weighted by atomic mass is 10.1. The predicted molar refractivity (Wildman–Crippen MR) is 80.1 cm³/mol. The van der Waals surface area contributed by atoms with Crippen LogP contribution in [0.2, 0.25) is 0 Å². The van der Waals surface area contributed by atoms with E-state index >= 15 is 0 Å². The Balaban J connectivity index is 2.71. The number of ketones is 1. The molecule has 0 bridgehead atoms. The highest BCUT2D eigenvalue weighted by atomic mass is 32.2. The van der Waals surface area contributed by atoms with Crippen LogP contribution >= 0.6 is 23.5 Å². The second kappa shape index (κ2) is 7.12. The molecule has 94 valence electrons. The molecule has 0 spiro atoms. The molecule has 0 aromatic heterocycles. The molecular weight excluding hydrogens is 248 g/mol. The summed E-state index contributed by atoms with van der Waals surface area (Å²) >= 11 is 3.74. The van der Waals surface area contributed by atoms with E-state index in [1.54, 1.807) is 0 Å². The fourth-order valence-electron chi connectivity index (χ4n) is 1.77. The molecule has 0 aliphatic rings. The summed E-state index contributed by atoms with van der Waals surface area (Å²) in [5.41, 5.74) is 0.826. The third-order valence-electron chi connectivity index (χ3n) is 2.48. The first-order chi connectivity index (χ1) is 8.11. The Hall–Kier alpha value is -0.410. The number of benzene rings is 1. The van der Waals surface area contributed by atoms with Crippen molar-refractivity contribution < 1.29 is 4.79 Å². The van der Waals surface area contributed by atoms with Crippen LogP contribution in [0.4, 0.5) is 0 Å². The summed E-state index contributed by atoms with van der Waals surface area (Å²) in [4.78, 5) is 12.2. The van der Waals surface area contributed by atoms with Crippen molar-refractivity contribution in [1.82, 2.24) is 0 Å². The fraction of sp³-hybridized carbons (Fsp3) is 0.500. The van der Waals surface area contributed by atoms with Crippen molar-refractivity contribution in [3.05, 3.63) is 35.9 Å². The van der Waals surface area contributed by atoms with Gasteiger partial charge in [0, 0.05) is 12.0 Å². The molecule has 0 aliphatic heterocycles. The average molecular weight is 268 g/mol. The van der Waals surface area contributed by atoms with Crippen molar-refractivity contribution in [2.45, 2.75) is 31.3 Å². The molecule has 0 fully saturated rings. The van der Waals surface area contributed by atoms with Crippen molar-refractivity contribution in [1.29, 1.82) is 0 Å². The van der Waals surface area contributed by atoms with E-state index in [4.69, 9.17) is 0 Å². The number of thioether (sulfide) groups is 2. The molecule has 0 amide bonds. The van der Waals surface area contributed by atoms with Gasteiger partial charge in [0.15, 0.2) is 5.78 Å². The van der Waals surface area contributed by atoms with Gasteiger partial charge in [0.2, 0.25) is 0 Å². The van der Waals surface area contributed by atoms with Gasteiger partial charge in [0.25, 0.3) is 0 Å². The van der Waals surface area contributed by atoms with E-state index in [9.17, 15) is 4.79 Å². The van der Waals surface area contributed by atoms with Gasteiger partial charge in [-0.3, -0.25) is 4.79 Å². The second-order valence-corrected chi connectivity index (χ2v) is 7.76. The molecule has 3 heteroatoms. The SMILES string of the molecule is CCSC(C)(CC(=O)c1ccccc1)SCC. The van der Waals surface area contributed by atoms with Crippen LogP contribution in [0.15, 0.2) is 30.3 Å². The lowest BCUT2D eigenvalue weighted by Gasteiger charge is -2.26. The molecule has 0 atom stereocenters. The summed E-state index contributed by atoms with van der Waals surface area (Å²) in [5.74, 6) is 2.34. The molecule has 0 N–H and O–H groups in total. The van der Waals surface area contributed by atoms with Crippen LogP contribution in [0, 0.1) is 0 Å². The van der Waals surface area contributed by atoms with Gasteiger partial charge in [0.1, 0.15) is 0 Å². The largest absolute Gasteiger partial charge is 0.294 e. The number of carbonyl (C=O) groups is 1. The third kappa shape index (κ3) is 4.76. The van der Waals surface area contributed by atoms with Crippen LogP contribution in [-0.2, 0) is 0 Å². The zero-order valence-corrected chi connectivity index (χ0v) is 12.4. The molecule has 1 aromatic rings. The standard InChI is InChI=1S/C14H20OS2/c1-4-16-14(3,17-5-2)11-13(15)12-9-7-6-8-10-12/h6-10H,4-5,11H2,1-3H3. The van der Waals surface area contributed by atoms with Gasteiger partial charge in [-0.1, -0.05) is 44.2 Å². The number of Topliss-reactive ketones (excluding diaryl/α,β-unsaturated/α-hetero) is 1. The molecule has 17 heavy (non-hydrogen) atoms. The first kappa shape index (κ1) is 14.7. The first-order valence-electron chi connectivity index (χ1n) is 5.97. The topological polar surface area (TPSA) is 17.1 Å². The Morgan fingerprint density at radius 3 is 2.12 bits per heavy atom. The van der Waals surface area contributed by atoms with E-state index in [0.717, 1.165) is 17.1 Å². The van der Waals surface area contributed by atoms with Crippen LogP contribution in [0.5, 0.6) is 0 Å². The normalized spacial score (nSPS) is 11.5. The second-order valence-electron chi connectivity index (χ2n) is 3.97. The highest BCUT2D eigenvalue weighted by Gasteiger charge is 2.27. The molecule has 0 heterocycles. The predicted octanol–water partition coefficient (Wildman–Crippen LogP) is 4.48. The maximum atomic E-state index is 12.2. The Morgan fingerprint density at radius 1 is 1.12 bits per heavy atom. The van der Waals surface area contributed by atoms with Gasteiger partial charge in [-0.05, 0) is 18.4 Å². The minimum Gasteiger partial charge on any atom is -0.294 e. The lowest BCUT2D eigenvalue weighted by Crippen LogP contribution is -2.21. The summed E-state index contributed by atoms with van der Waals surface area (Å²) in [7, 11) is 0. The molecule has 1 aromatic carbocycles. The summed E-state index contributed by atoms with van der Waals surface area (Å²) in [6, 6.07) is 9.58. The van der Waals surface area contributed by atoms with Crippen LogP contribution in [0.3, 0.4) is 0 Å². The first-order valence-corrected chi connectivity index (χ1v) is 7.94. The summed E-state index contributed by atoms with van der Waals surface area (Å²) < 4.78 is 0.0103. The van der Waals surface area contributed by atoms with Crippen molar-refractivity contribution >= 4 is 29.3 Å². The van der Waals surface area contributed by atoms with Crippen LogP contribution in [-0.4, -0.2) is 21.4 Å². The van der Waals surface area contributed by atoms with Crippen LogP contribution in [0.25, 0.3) is 0 Å². The Bertz CT molecular complexity index is 342. The number of hydrogen-bond donors (Lipinski definition) is 0. The van der Waals surface area contributed by atoms with E-state index in [0.29, 0.717) is 6.42 Å². The van der Waals surface area contributed by atoms with Crippen LogP contribution in [0.1, 0.15) is 37.6 Å². The minimum absolute atomic E-state index is 0.0103. The quantitative estimate of drug-likeness (QED) is 0.536. The minimum atomic E-state index is 0.0103. The maximum Gasteiger partial charge on any atom is 0.165 e. The van der Waals surface area contributed by atoms with E-state index in [1.807, 2.05) is 53.9 Å². The van der Waals surface area contributed by atoms with Gasteiger partial charge < -0.3 is 0 Å². The van der Waals surface area contributed by atoms with Crippen LogP contribution < -0.4 is 0 Å². The van der Waals surface area contributed by atoms with Gasteiger partial charge in [0.05, 0.1) is 4.08 Å². The smallest absolute Gasteiger partial charge is 0.165 e. The molecule has 1 nitrogen and oxygen atoms in total. The molecule has 0 radical (unpaired) electrons. The molecule has 0 aliphatic carbocycles. The molecule has 1 rings (SSSR count). The number of rotatable bonds is 7. The molecule has 0 unspecified atom stereocenters. The Kier molecular flexibility index (Phi) is 6.14. The van der Waals surface area contributed by atoms with E-state index in [2.05, 4.69) is 20.8 Å². The van der Waals surface area contributed by atoms with Gasteiger partial charge in [-0.2, -0.15) is 0 Å². The highest BCUT2D eigenvalue weighted by molar-refractivity contribution is 8.18. The zero-order chi connectivity index (χ0) is 12.7. The highest BCUT2D eigenvalue weighted by Crippen LogP contribution is 2.40. The maximum absolute atomic E-state index is 12.2. The average Bonchev–Trinajstić information content (AvgIpc) is 2.30. The van der Waals surface area contributed by atoms with E-state index in [1.165, 1.54) is 0 Å². The summed E-state index contributed by atoms with van der Waals surface area (Å²) in [6.45, 7) is 6.47. The zero-order valence-electron chi connectivity index (χ0n) is 10.7. The lowest BCUT2D eigenvalue weighted by molar-refractivity contribution is 0.0981. The van der Waals surface area contributed by atoms with Gasteiger partial charge >= 0.3 is 0 Å². The molecule has 0 saturated heterocycles. The number of carbonyl (C=O) groups excluding carboxylic acids is 1. The van der Waals surface area contributed by atoms with Crippen molar-refractivity contribution in [2.24, 2.45) is 0 Å².